The first-order valence-electron chi connectivity index (χ1n) is 9.18. The van der Waals surface area contributed by atoms with Crippen LogP contribution in [0.4, 0.5) is 17.5 Å². The quantitative estimate of drug-likeness (QED) is 0.816. The van der Waals surface area contributed by atoms with Crippen molar-refractivity contribution in [2.75, 3.05) is 47.8 Å². The average Bonchev–Trinajstić information content (AvgIpc) is 2.65. The number of aryl methyl sites for hydroxylation is 1. The van der Waals surface area contributed by atoms with Gasteiger partial charge in [-0.2, -0.15) is 10.1 Å². The van der Waals surface area contributed by atoms with E-state index in [1.165, 1.54) is 16.8 Å². The van der Waals surface area contributed by atoms with Gasteiger partial charge in [-0.25, -0.2) is 0 Å². The van der Waals surface area contributed by atoms with E-state index in [9.17, 15) is 0 Å². The van der Waals surface area contributed by atoms with Crippen molar-refractivity contribution >= 4 is 17.5 Å². The molecule has 2 aromatic rings. The minimum atomic E-state index is 0.628. The first kappa shape index (κ1) is 17.5. The summed E-state index contributed by atoms with van der Waals surface area (Å²) in [6, 6.07) is 6.54. The fourth-order valence-corrected chi connectivity index (χ4v) is 3.15. The number of piperazine rings is 1. The summed E-state index contributed by atoms with van der Waals surface area (Å²) in [7, 11) is 0. The molecule has 0 radical (unpaired) electrons. The van der Waals surface area contributed by atoms with Crippen molar-refractivity contribution in [2.24, 2.45) is 0 Å². The summed E-state index contributed by atoms with van der Waals surface area (Å²) in [4.78, 5) is 9.38. The van der Waals surface area contributed by atoms with Crippen molar-refractivity contribution < 1.29 is 0 Å². The van der Waals surface area contributed by atoms with E-state index in [1.54, 1.807) is 6.20 Å². The Labute approximate surface area is 150 Å². The van der Waals surface area contributed by atoms with Crippen LogP contribution in [-0.4, -0.2) is 47.9 Å². The van der Waals surface area contributed by atoms with E-state index >= 15 is 0 Å². The summed E-state index contributed by atoms with van der Waals surface area (Å²) in [6.07, 6.45) is 4.03. The van der Waals surface area contributed by atoms with Gasteiger partial charge in [0, 0.05) is 38.4 Å². The van der Waals surface area contributed by atoms with Gasteiger partial charge in [-0.1, -0.05) is 25.5 Å². The lowest BCUT2D eigenvalue weighted by molar-refractivity contribution is 0.643. The van der Waals surface area contributed by atoms with Crippen LogP contribution in [0.15, 0.2) is 24.4 Å². The van der Waals surface area contributed by atoms with E-state index in [4.69, 9.17) is 0 Å². The second-order valence-electron chi connectivity index (χ2n) is 6.61. The summed E-state index contributed by atoms with van der Waals surface area (Å²) < 4.78 is 0. The number of nitrogens with zero attached hydrogens (tertiary/aromatic N) is 5. The number of nitrogens with one attached hydrogen (secondary N) is 1. The van der Waals surface area contributed by atoms with Gasteiger partial charge in [0.05, 0.1) is 6.20 Å². The Morgan fingerprint density at radius 3 is 2.60 bits per heavy atom. The molecule has 1 aliphatic heterocycles. The predicted molar refractivity (Wildman–Crippen MR) is 104 cm³/mol. The fraction of sp³-hybridized carbons (Fsp3) is 0.526. The number of hydrogen-bond acceptors (Lipinski definition) is 6. The highest BCUT2D eigenvalue weighted by molar-refractivity contribution is 5.57. The van der Waals surface area contributed by atoms with Crippen LogP contribution in [0.1, 0.15) is 30.9 Å². The van der Waals surface area contributed by atoms with Crippen LogP contribution in [0, 0.1) is 13.8 Å². The summed E-state index contributed by atoms with van der Waals surface area (Å²) in [5.41, 5.74) is 4.08. The Bertz CT molecular complexity index is 694. The summed E-state index contributed by atoms with van der Waals surface area (Å²) in [6.45, 7) is 11.3. The molecule has 6 heteroatoms. The smallest absolute Gasteiger partial charge is 0.244 e. The molecule has 25 heavy (non-hydrogen) atoms. The van der Waals surface area contributed by atoms with Gasteiger partial charge in [-0.05, 0) is 37.5 Å². The van der Waals surface area contributed by atoms with Crippen LogP contribution in [0.25, 0.3) is 0 Å². The highest BCUT2D eigenvalue weighted by Gasteiger charge is 2.20. The highest BCUT2D eigenvalue weighted by Crippen LogP contribution is 2.24. The number of benzene rings is 1. The minimum absolute atomic E-state index is 0.628. The van der Waals surface area contributed by atoms with E-state index in [2.05, 4.69) is 69.3 Å². The molecule has 0 spiro atoms. The van der Waals surface area contributed by atoms with Gasteiger partial charge >= 0.3 is 0 Å². The topological polar surface area (TPSA) is 57.2 Å². The molecule has 1 fully saturated rings. The molecule has 3 rings (SSSR count). The van der Waals surface area contributed by atoms with Crippen LogP contribution in [0.3, 0.4) is 0 Å². The minimum Gasteiger partial charge on any atom is -0.368 e. The van der Waals surface area contributed by atoms with Crippen molar-refractivity contribution in [3.05, 3.63) is 35.5 Å². The van der Waals surface area contributed by atoms with Gasteiger partial charge in [0.25, 0.3) is 0 Å². The first-order chi connectivity index (χ1) is 12.2. The molecule has 0 bridgehead atoms. The van der Waals surface area contributed by atoms with Crippen LogP contribution >= 0.6 is 0 Å². The number of unbranched alkanes of at least 4 members (excludes halogenated alkanes) is 1. The zero-order valence-electron chi connectivity index (χ0n) is 15.5. The Hall–Kier alpha value is -2.37. The van der Waals surface area contributed by atoms with Gasteiger partial charge in [0.15, 0.2) is 5.82 Å². The lowest BCUT2D eigenvalue weighted by Gasteiger charge is -2.37. The normalized spacial score (nSPS) is 14.7. The predicted octanol–water partition coefficient (Wildman–Crippen LogP) is 3.03. The van der Waals surface area contributed by atoms with Gasteiger partial charge in [-0.15, -0.1) is 5.10 Å². The lowest BCUT2D eigenvalue weighted by atomic mass is 10.1. The number of rotatable bonds is 6. The number of hydrogen-bond donors (Lipinski definition) is 1. The van der Waals surface area contributed by atoms with Crippen LogP contribution in [0.2, 0.25) is 0 Å². The van der Waals surface area contributed by atoms with Crippen LogP contribution in [0.5, 0.6) is 0 Å². The molecule has 0 aliphatic carbocycles. The molecular weight excluding hydrogens is 312 g/mol. The molecule has 1 aromatic carbocycles. The molecule has 1 aromatic heterocycles. The van der Waals surface area contributed by atoms with E-state index < -0.39 is 0 Å². The fourth-order valence-electron chi connectivity index (χ4n) is 3.15. The van der Waals surface area contributed by atoms with Crippen molar-refractivity contribution in [1.29, 1.82) is 0 Å². The standard InChI is InChI=1S/C19H28N6/c1-4-5-9-20-19-22-18(14-21-23-19)25-12-10-24(11-13-25)17-8-6-7-15(2)16(17)3/h6-8,14H,4-5,9-13H2,1-3H3,(H,20,22,23). The Morgan fingerprint density at radius 2 is 1.84 bits per heavy atom. The molecule has 0 amide bonds. The molecule has 1 N–H and O–H groups in total. The molecule has 2 heterocycles. The third kappa shape index (κ3) is 4.18. The maximum atomic E-state index is 4.62. The van der Waals surface area contributed by atoms with Crippen LogP contribution < -0.4 is 15.1 Å². The maximum absolute atomic E-state index is 4.62. The van der Waals surface area contributed by atoms with E-state index in [-0.39, 0.29) is 0 Å². The van der Waals surface area contributed by atoms with Gasteiger partial charge < -0.3 is 15.1 Å². The Kier molecular flexibility index (Phi) is 5.68. The van der Waals surface area contributed by atoms with Crippen molar-refractivity contribution in [2.45, 2.75) is 33.6 Å². The third-order valence-electron chi connectivity index (χ3n) is 4.88. The SMILES string of the molecule is CCCCNc1nncc(N2CCN(c3cccc(C)c3C)CC2)n1. The molecule has 1 saturated heterocycles. The van der Waals surface area contributed by atoms with Crippen LogP contribution in [-0.2, 0) is 0 Å². The van der Waals surface area contributed by atoms with E-state index in [1.807, 2.05) is 0 Å². The lowest BCUT2D eigenvalue weighted by Crippen LogP contribution is -2.47. The zero-order chi connectivity index (χ0) is 17.6. The molecule has 0 unspecified atom stereocenters. The third-order valence-corrected chi connectivity index (χ3v) is 4.88. The second-order valence-corrected chi connectivity index (χ2v) is 6.61. The molecule has 6 nitrogen and oxygen atoms in total. The van der Waals surface area contributed by atoms with Crippen molar-refractivity contribution in [1.82, 2.24) is 15.2 Å². The summed E-state index contributed by atoms with van der Waals surface area (Å²) >= 11 is 0. The van der Waals surface area contributed by atoms with Gasteiger partial charge in [-0.3, -0.25) is 0 Å². The largest absolute Gasteiger partial charge is 0.368 e. The summed E-state index contributed by atoms with van der Waals surface area (Å²) in [5, 5.41) is 11.4. The Morgan fingerprint density at radius 1 is 1.08 bits per heavy atom. The van der Waals surface area contributed by atoms with Gasteiger partial charge in [0.1, 0.15) is 0 Å². The molecule has 0 atom stereocenters. The van der Waals surface area contributed by atoms with E-state index in [0.717, 1.165) is 51.4 Å². The Balaban J connectivity index is 1.62. The van der Waals surface area contributed by atoms with Crippen molar-refractivity contribution in [3.8, 4) is 0 Å². The zero-order valence-corrected chi connectivity index (χ0v) is 15.5. The van der Waals surface area contributed by atoms with Crippen molar-refractivity contribution in [3.63, 3.8) is 0 Å². The molecule has 134 valence electrons. The second kappa shape index (κ2) is 8.14. The highest BCUT2D eigenvalue weighted by atomic mass is 15.3. The van der Waals surface area contributed by atoms with E-state index in [0.29, 0.717) is 5.95 Å². The average molecular weight is 340 g/mol. The molecular formula is C19H28N6. The molecule has 0 saturated carbocycles. The monoisotopic (exact) mass is 340 g/mol. The number of aromatic nitrogens is 3. The summed E-state index contributed by atoms with van der Waals surface area (Å²) in [5.74, 6) is 1.54. The van der Waals surface area contributed by atoms with Gasteiger partial charge in [0.2, 0.25) is 5.95 Å². The molecule has 1 aliphatic rings. The first-order valence-corrected chi connectivity index (χ1v) is 9.18. The number of anilines is 3. The maximum Gasteiger partial charge on any atom is 0.244 e.